The number of ether oxygens (including phenoxy) is 2. The van der Waals surface area contributed by atoms with Crippen molar-refractivity contribution in [3.05, 3.63) is 89.1 Å². The van der Waals surface area contributed by atoms with Gasteiger partial charge in [-0.1, -0.05) is 36.1 Å². The third-order valence-corrected chi connectivity index (χ3v) is 8.40. The van der Waals surface area contributed by atoms with Crippen LogP contribution in [0.15, 0.2) is 77.7 Å². The maximum Gasteiger partial charge on any atom is 0.270 e. The quantitative estimate of drug-likeness (QED) is 0.138. The lowest BCUT2D eigenvalue weighted by atomic mass is 10.2. The fourth-order valence-electron chi connectivity index (χ4n) is 4.68. The van der Waals surface area contributed by atoms with Crippen molar-refractivity contribution in [2.45, 2.75) is 19.3 Å². The monoisotopic (exact) mass is 591 g/mol. The average molecular weight is 592 g/mol. The molecule has 0 unspecified atom stereocenters. The number of carbonyl (C=O) groups excluding carboxylic acids is 1. The smallest absolute Gasteiger partial charge is 0.270 e. The zero-order valence-corrected chi connectivity index (χ0v) is 24.8. The van der Waals surface area contributed by atoms with E-state index < -0.39 is 0 Å². The Kier molecular flexibility index (Phi) is 10.1. The molecular weight excluding hydrogens is 558 g/mol. The summed E-state index contributed by atoms with van der Waals surface area (Å²) in [4.78, 5) is 20.2. The van der Waals surface area contributed by atoms with Crippen LogP contribution in [-0.2, 0) is 4.79 Å². The van der Waals surface area contributed by atoms with Crippen molar-refractivity contribution in [1.29, 1.82) is 0 Å². The highest BCUT2D eigenvalue weighted by Gasteiger charge is 2.33. The van der Waals surface area contributed by atoms with Crippen LogP contribution in [0.3, 0.4) is 0 Å². The number of carbonyl (C=O) groups is 1. The van der Waals surface area contributed by atoms with Crippen LogP contribution in [0.2, 0.25) is 0 Å². The van der Waals surface area contributed by atoms with Crippen molar-refractivity contribution in [3.63, 3.8) is 0 Å². The van der Waals surface area contributed by atoms with Crippen molar-refractivity contribution < 1.29 is 18.7 Å². The van der Waals surface area contributed by atoms with E-state index in [-0.39, 0.29) is 11.7 Å². The lowest BCUT2D eigenvalue weighted by Gasteiger charge is -2.32. The van der Waals surface area contributed by atoms with Crippen molar-refractivity contribution in [2.24, 2.45) is 0 Å². The van der Waals surface area contributed by atoms with Gasteiger partial charge in [0.25, 0.3) is 5.91 Å². The molecule has 2 heterocycles. The van der Waals surface area contributed by atoms with Crippen LogP contribution < -0.4 is 14.4 Å². The van der Waals surface area contributed by atoms with E-state index in [2.05, 4.69) is 16.8 Å². The molecule has 6 nitrogen and oxygen atoms in total. The normalized spacial score (nSPS) is 17.4. The third kappa shape index (κ3) is 8.16. The summed E-state index contributed by atoms with van der Waals surface area (Å²) < 4.78 is 25.3. The molecule has 2 aliphatic rings. The molecule has 2 aliphatic heterocycles. The third-order valence-electron chi connectivity index (χ3n) is 7.10. The van der Waals surface area contributed by atoms with Gasteiger partial charge in [-0.3, -0.25) is 9.69 Å². The zero-order chi connectivity index (χ0) is 28.6. The average Bonchev–Trinajstić information content (AvgIpc) is 3.26. The number of unbranched alkanes of at least 4 members (excludes halogenated alkanes) is 2. The summed E-state index contributed by atoms with van der Waals surface area (Å²) >= 11 is 6.82. The van der Waals surface area contributed by atoms with Gasteiger partial charge in [0.15, 0.2) is 4.32 Å². The standard InChI is InChI=1S/C32H34FN3O3S2/c1-34-18-20-35(21-19-34)17-3-2-4-22-38-27-15-9-26(10-16-27)36-31(37)30(41-32(36)40)23-24-5-11-28(12-6-24)39-29-13-7-25(33)8-14-29/h5-16,23H,2-4,17-22H2,1H3/b30-23-. The van der Waals surface area contributed by atoms with Crippen molar-refractivity contribution in [1.82, 2.24) is 9.80 Å². The number of thioether (sulfide) groups is 1. The molecule has 5 rings (SSSR count). The predicted octanol–water partition coefficient (Wildman–Crippen LogP) is 6.82. The zero-order valence-electron chi connectivity index (χ0n) is 23.1. The van der Waals surface area contributed by atoms with Crippen molar-refractivity contribution in [2.75, 3.05) is 51.3 Å². The van der Waals surface area contributed by atoms with Gasteiger partial charge < -0.3 is 19.3 Å². The van der Waals surface area contributed by atoms with Crippen LogP contribution in [0.4, 0.5) is 10.1 Å². The Morgan fingerprint density at radius 2 is 1.49 bits per heavy atom. The van der Waals surface area contributed by atoms with Gasteiger partial charge in [-0.25, -0.2) is 4.39 Å². The summed E-state index contributed by atoms with van der Waals surface area (Å²) in [6.45, 7) is 6.50. The van der Waals surface area contributed by atoms with E-state index in [4.69, 9.17) is 21.7 Å². The second-order valence-electron chi connectivity index (χ2n) is 10.2. The molecule has 0 aliphatic carbocycles. The molecule has 0 radical (unpaired) electrons. The fraction of sp³-hybridized carbons (Fsp3) is 0.312. The molecular formula is C32H34FN3O3S2. The lowest BCUT2D eigenvalue weighted by Crippen LogP contribution is -2.44. The number of rotatable bonds is 11. The molecule has 0 N–H and O–H groups in total. The fourth-order valence-corrected chi connectivity index (χ4v) is 5.98. The second kappa shape index (κ2) is 14.1. The van der Waals surface area contributed by atoms with E-state index >= 15 is 0 Å². The highest BCUT2D eigenvalue weighted by atomic mass is 32.2. The molecule has 2 saturated heterocycles. The molecule has 3 aromatic carbocycles. The summed E-state index contributed by atoms with van der Waals surface area (Å²) in [5.41, 5.74) is 1.57. The van der Waals surface area contributed by atoms with E-state index in [1.807, 2.05) is 54.6 Å². The molecule has 3 aromatic rings. The molecule has 0 aromatic heterocycles. The number of benzene rings is 3. The Hall–Kier alpha value is -3.24. The van der Waals surface area contributed by atoms with Gasteiger partial charge in [-0.05, 0) is 105 Å². The van der Waals surface area contributed by atoms with Crippen LogP contribution in [0.5, 0.6) is 17.2 Å². The molecule has 2 fully saturated rings. The SMILES string of the molecule is CN1CCN(CCCCCOc2ccc(N3C(=O)/C(=C/c4ccc(Oc5ccc(F)cc5)cc4)SC3=S)cc2)CC1. The number of halogens is 1. The summed E-state index contributed by atoms with van der Waals surface area (Å²) in [5, 5.41) is 0. The van der Waals surface area contributed by atoms with Gasteiger partial charge in [-0.15, -0.1) is 0 Å². The molecule has 0 bridgehead atoms. The minimum Gasteiger partial charge on any atom is -0.494 e. The number of hydrogen-bond donors (Lipinski definition) is 0. The van der Waals surface area contributed by atoms with Crippen LogP contribution in [0.1, 0.15) is 24.8 Å². The largest absolute Gasteiger partial charge is 0.494 e. The Morgan fingerprint density at radius 1 is 0.854 bits per heavy atom. The lowest BCUT2D eigenvalue weighted by molar-refractivity contribution is -0.113. The predicted molar refractivity (Wildman–Crippen MR) is 168 cm³/mol. The van der Waals surface area contributed by atoms with Gasteiger partial charge in [0.2, 0.25) is 0 Å². The number of amides is 1. The number of likely N-dealkylation sites (N-methyl/N-ethyl adjacent to an activating group) is 1. The first kappa shape index (κ1) is 29.3. The maximum absolute atomic E-state index is 13.2. The Morgan fingerprint density at radius 3 is 2.17 bits per heavy atom. The number of hydrogen-bond acceptors (Lipinski definition) is 7. The van der Waals surface area contributed by atoms with Crippen LogP contribution in [0.25, 0.3) is 6.08 Å². The minimum absolute atomic E-state index is 0.152. The molecule has 9 heteroatoms. The van der Waals surface area contributed by atoms with E-state index in [1.54, 1.807) is 17.0 Å². The topological polar surface area (TPSA) is 45.2 Å². The van der Waals surface area contributed by atoms with Crippen LogP contribution in [-0.4, -0.2) is 66.4 Å². The van der Waals surface area contributed by atoms with E-state index in [0.29, 0.717) is 27.3 Å². The summed E-state index contributed by atoms with van der Waals surface area (Å²) in [6.07, 6.45) is 5.19. The molecule has 1 amide bonds. The van der Waals surface area contributed by atoms with Crippen molar-refractivity contribution >= 4 is 46.0 Å². The van der Waals surface area contributed by atoms with Gasteiger partial charge in [0.1, 0.15) is 23.1 Å². The second-order valence-corrected chi connectivity index (χ2v) is 11.9. The first-order valence-electron chi connectivity index (χ1n) is 13.9. The van der Waals surface area contributed by atoms with Gasteiger partial charge in [0.05, 0.1) is 17.2 Å². The minimum atomic E-state index is -0.313. The van der Waals surface area contributed by atoms with Crippen LogP contribution in [0, 0.1) is 5.82 Å². The molecule has 214 valence electrons. The molecule has 41 heavy (non-hydrogen) atoms. The summed E-state index contributed by atoms with van der Waals surface area (Å²) in [7, 11) is 2.18. The Bertz CT molecular complexity index is 1360. The van der Waals surface area contributed by atoms with Gasteiger partial charge in [-0.2, -0.15) is 0 Å². The van der Waals surface area contributed by atoms with E-state index in [0.717, 1.165) is 49.5 Å². The Balaban J connectivity index is 1.09. The highest BCUT2D eigenvalue weighted by Crippen LogP contribution is 2.36. The number of nitrogens with zero attached hydrogens (tertiary/aromatic N) is 3. The number of anilines is 1. The molecule has 0 saturated carbocycles. The van der Waals surface area contributed by atoms with Gasteiger partial charge in [0, 0.05) is 26.2 Å². The first-order valence-corrected chi connectivity index (χ1v) is 15.1. The molecule has 0 spiro atoms. The van der Waals surface area contributed by atoms with Gasteiger partial charge >= 0.3 is 0 Å². The first-order chi connectivity index (χ1) is 19.9. The maximum atomic E-state index is 13.2. The van der Waals surface area contributed by atoms with Crippen molar-refractivity contribution in [3.8, 4) is 17.2 Å². The number of thiocarbonyl (C=S) groups is 1. The van der Waals surface area contributed by atoms with E-state index in [9.17, 15) is 9.18 Å². The highest BCUT2D eigenvalue weighted by molar-refractivity contribution is 8.27. The number of piperazine rings is 1. The summed E-state index contributed by atoms with van der Waals surface area (Å²) in [6, 6.07) is 20.7. The van der Waals surface area contributed by atoms with E-state index in [1.165, 1.54) is 43.4 Å². The Labute approximate surface area is 250 Å². The molecule has 0 atom stereocenters. The summed E-state index contributed by atoms with van der Waals surface area (Å²) in [5.74, 6) is 1.49. The van der Waals surface area contributed by atoms with Crippen LogP contribution >= 0.6 is 24.0 Å².